The van der Waals surface area contributed by atoms with Gasteiger partial charge in [0.1, 0.15) is 0 Å². The van der Waals surface area contributed by atoms with E-state index in [0.717, 1.165) is 5.69 Å². The second-order valence-electron chi connectivity index (χ2n) is 5.45. The number of carbonyl (C=O) groups is 1. The first kappa shape index (κ1) is 15.0. The zero-order chi connectivity index (χ0) is 16.4. The van der Waals surface area contributed by atoms with Crippen LogP contribution in [0.4, 0.5) is 0 Å². The van der Waals surface area contributed by atoms with Crippen molar-refractivity contribution in [1.82, 2.24) is 14.9 Å². The number of rotatable bonds is 3. The summed E-state index contributed by atoms with van der Waals surface area (Å²) in [5.74, 6) is -0.227. The van der Waals surface area contributed by atoms with Crippen molar-refractivity contribution >= 4 is 16.7 Å². The second kappa shape index (κ2) is 6.04. The van der Waals surface area contributed by atoms with Gasteiger partial charge in [0.2, 0.25) is 0 Å². The molecule has 1 amide bonds. The number of hydrogen-bond acceptors (Lipinski definition) is 3. The minimum Gasteiger partial charge on any atom is -0.344 e. The highest BCUT2D eigenvalue weighted by molar-refractivity contribution is 6.06. The third kappa shape index (κ3) is 2.85. The van der Waals surface area contributed by atoms with Gasteiger partial charge in [0, 0.05) is 30.2 Å². The van der Waals surface area contributed by atoms with Gasteiger partial charge in [-0.1, -0.05) is 24.3 Å². The van der Waals surface area contributed by atoms with Gasteiger partial charge < -0.3 is 9.88 Å². The van der Waals surface area contributed by atoms with Gasteiger partial charge in [-0.25, -0.2) is 0 Å². The van der Waals surface area contributed by atoms with E-state index in [2.05, 4.69) is 10.3 Å². The van der Waals surface area contributed by atoms with Crippen molar-refractivity contribution in [1.29, 1.82) is 0 Å². The van der Waals surface area contributed by atoms with Gasteiger partial charge in [-0.15, -0.1) is 0 Å². The highest BCUT2D eigenvalue weighted by Gasteiger charge is 2.16. The Kier molecular flexibility index (Phi) is 3.93. The average molecular weight is 307 g/mol. The number of carbonyl (C=O) groups excluding carboxylic acids is 1. The summed E-state index contributed by atoms with van der Waals surface area (Å²) in [6.07, 6.45) is 3.27. The molecule has 0 aliphatic heterocycles. The molecule has 0 saturated heterocycles. The van der Waals surface area contributed by atoms with Gasteiger partial charge in [-0.2, -0.15) is 0 Å². The zero-order valence-electron chi connectivity index (χ0n) is 13.0. The summed E-state index contributed by atoms with van der Waals surface area (Å²) in [6, 6.07) is 12.5. The Morgan fingerprint density at radius 3 is 2.52 bits per heavy atom. The first-order valence-corrected chi connectivity index (χ1v) is 7.38. The fraction of sp³-hybridized carbons (Fsp3) is 0.167. The third-order valence-electron chi connectivity index (χ3n) is 3.81. The maximum absolute atomic E-state index is 12.7. The molecular weight excluding hydrogens is 290 g/mol. The molecule has 0 bridgehead atoms. The number of pyridine rings is 2. The molecule has 1 atom stereocenters. The molecule has 3 aromatic rings. The number of benzene rings is 1. The first-order chi connectivity index (χ1) is 11.1. The number of amides is 1. The number of aromatic nitrogens is 2. The lowest BCUT2D eigenvalue weighted by molar-refractivity contribution is 0.0940. The molecule has 1 N–H and O–H groups in total. The average Bonchev–Trinajstić information content (AvgIpc) is 2.58. The monoisotopic (exact) mass is 307 g/mol. The van der Waals surface area contributed by atoms with E-state index in [0.29, 0.717) is 16.3 Å². The van der Waals surface area contributed by atoms with Crippen LogP contribution in [-0.4, -0.2) is 15.5 Å². The molecule has 0 unspecified atom stereocenters. The summed E-state index contributed by atoms with van der Waals surface area (Å²) in [5.41, 5.74) is 1.15. The molecule has 23 heavy (non-hydrogen) atoms. The Morgan fingerprint density at radius 1 is 1.13 bits per heavy atom. The van der Waals surface area contributed by atoms with E-state index < -0.39 is 0 Å². The quantitative estimate of drug-likeness (QED) is 0.808. The van der Waals surface area contributed by atoms with E-state index in [1.54, 1.807) is 37.6 Å². The van der Waals surface area contributed by atoms with Crippen LogP contribution < -0.4 is 10.9 Å². The van der Waals surface area contributed by atoms with Crippen molar-refractivity contribution < 1.29 is 4.79 Å². The van der Waals surface area contributed by atoms with Crippen LogP contribution in [0.15, 0.2) is 59.7 Å². The van der Waals surface area contributed by atoms with Crippen molar-refractivity contribution in [3.8, 4) is 0 Å². The van der Waals surface area contributed by atoms with Crippen LogP contribution in [-0.2, 0) is 7.05 Å². The summed E-state index contributed by atoms with van der Waals surface area (Å²) < 4.78 is 1.43. The maximum atomic E-state index is 12.7. The number of nitrogens with zero attached hydrogens (tertiary/aromatic N) is 2. The van der Waals surface area contributed by atoms with Gasteiger partial charge in [-0.05, 0) is 25.1 Å². The van der Waals surface area contributed by atoms with Gasteiger partial charge in [0.05, 0.1) is 17.3 Å². The fourth-order valence-electron chi connectivity index (χ4n) is 2.58. The van der Waals surface area contributed by atoms with Gasteiger partial charge >= 0.3 is 0 Å². The number of nitrogens with one attached hydrogen (secondary N) is 1. The van der Waals surface area contributed by atoms with Crippen molar-refractivity contribution in [2.24, 2.45) is 7.05 Å². The SMILES string of the molecule is C[C@H](NC(=O)c1cn(C)c(=O)c2ccccc12)c1ccccn1. The predicted molar refractivity (Wildman–Crippen MR) is 89.3 cm³/mol. The molecule has 3 rings (SSSR count). The van der Waals surface area contributed by atoms with E-state index in [4.69, 9.17) is 0 Å². The van der Waals surface area contributed by atoms with Crippen molar-refractivity contribution in [3.05, 3.63) is 76.5 Å². The van der Waals surface area contributed by atoms with Crippen LogP contribution in [0, 0.1) is 0 Å². The Bertz CT molecular complexity index is 916. The van der Waals surface area contributed by atoms with Gasteiger partial charge in [0.15, 0.2) is 0 Å². The van der Waals surface area contributed by atoms with Crippen LogP contribution in [0.25, 0.3) is 10.8 Å². The molecule has 5 nitrogen and oxygen atoms in total. The fourth-order valence-corrected chi connectivity index (χ4v) is 2.58. The number of fused-ring (bicyclic) bond motifs is 1. The molecule has 1 aromatic carbocycles. The molecule has 2 heterocycles. The van der Waals surface area contributed by atoms with Gasteiger partial charge in [0.25, 0.3) is 11.5 Å². The molecule has 0 aliphatic rings. The Morgan fingerprint density at radius 2 is 1.83 bits per heavy atom. The summed E-state index contributed by atoms with van der Waals surface area (Å²) in [6.45, 7) is 1.88. The zero-order valence-corrected chi connectivity index (χ0v) is 13.0. The molecule has 0 aliphatic carbocycles. The minimum atomic E-state index is -0.227. The minimum absolute atomic E-state index is 0.116. The Balaban J connectivity index is 1.99. The largest absolute Gasteiger partial charge is 0.344 e. The molecule has 0 saturated carbocycles. The molecule has 116 valence electrons. The van der Waals surface area contributed by atoms with Crippen LogP contribution >= 0.6 is 0 Å². The van der Waals surface area contributed by atoms with E-state index in [9.17, 15) is 9.59 Å². The normalized spacial score (nSPS) is 12.1. The third-order valence-corrected chi connectivity index (χ3v) is 3.81. The molecule has 0 spiro atoms. The molecular formula is C18H17N3O2. The van der Waals surface area contributed by atoms with Crippen molar-refractivity contribution in [3.63, 3.8) is 0 Å². The molecule has 0 fully saturated rings. The van der Waals surface area contributed by atoms with Crippen LogP contribution in [0.5, 0.6) is 0 Å². The van der Waals surface area contributed by atoms with E-state index >= 15 is 0 Å². The van der Waals surface area contributed by atoms with Crippen molar-refractivity contribution in [2.75, 3.05) is 0 Å². The van der Waals surface area contributed by atoms with Crippen molar-refractivity contribution in [2.45, 2.75) is 13.0 Å². The predicted octanol–water partition coefficient (Wildman–Crippen LogP) is 2.42. The second-order valence-corrected chi connectivity index (χ2v) is 5.45. The molecule has 2 aromatic heterocycles. The van der Waals surface area contributed by atoms with Crippen LogP contribution in [0.3, 0.4) is 0 Å². The summed E-state index contributed by atoms with van der Waals surface area (Å²) in [4.78, 5) is 29.1. The topological polar surface area (TPSA) is 64.0 Å². The highest BCUT2D eigenvalue weighted by Crippen LogP contribution is 2.16. The van der Waals surface area contributed by atoms with E-state index in [-0.39, 0.29) is 17.5 Å². The Hall–Kier alpha value is -2.95. The maximum Gasteiger partial charge on any atom is 0.258 e. The smallest absolute Gasteiger partial charge is 0.258 e. The lowest BCUT2D eigenvalue weighted by atomic mass is 10.1. The first-order valence-electron chi connectivity index (χ1n) is 7.38. The van der Waals surface area contributed by atoms with E-state index in [1.807, 2.05) is 31.2 Å². The lowest BCUT2D eigenvalue weighted by Crippen LogP contribution is -2.29. The lowest BCUT2D eigenvalue weighted by Gasteiger charge is -2.15. The summed E-state index contributed by atoms with van der Waals surface area (Å²) in [7, 11) is 1.65. The Labute approximate surface area is 133 Å². The standard InChI is InChI=1S/C18H17N3O2/c1-12(16-9-5-6-10-19-16)20-17(22)15-11-21(2)18(23)14-8-4-3-7-13(14)15/h3-12H,1-2H3,(H,20,22)/t12-/m0/s1. The molecule has 5 heteroatoms. The van der Waals surface area contributed by atoms with Crippen LogP contribution in [0.2, 0.25) is 0 Å². The van der Waals surface area contributed by atoms with Gasteiger partial charge in [-0.3, -0.25) is 14.6 Å². The van der Waals surface area contributed by atoms with E-state index in [1.165, 1.54) is 4.57 Å². The summed E-state index contributed by atoms with van der Waals surface area (Å²) >= 11 is 0. The molecule has 0 radical (unpaired) electrons. The summed E-state index contributed by atoms with van der Waals surface area (Å²) in [5, 5.41) is 4.12. The number of aryl methyl sites for hydroxylation is 1. The number of hydrogen-bond donors (Lipinski definition) is 1. The van der Waals surface area contributed by atoms with Crippen LogP contribution in [0.1, 0.15) is 29.0 Å². The highest BCUT2D eigenvalue weighted by atomic mass is 16.2.